The number of anilines is 1. The second-order valence-corrected chi connectivity index (χ2v) is 5.75. The molecule has 1 saturated heterocycles. The molecule has 1 aliphatic heterocycles. The zero-order valence-electron chi connectivity index (χ0n) is 13.5. The second-order valence-electron chi connectivity index (χ2n) is 5.75. The van der Waals surface area contributed by atoms with Gasteiger partial charge in [0.15, 0.2) is 0 Å². The minimum atomic E-state index is -0.433. The first-order valence-electron chi connectivity index (χ1n) is 8.14. The van der Waals surface area contributed by atoms with Gasteiger partial charge in [0.1, 0.15) is 5.82 Å². The molecule has 0 radical (unpaired) electrons. The van der Waals surface area contributed by atoms with Gasteiger partial charge in [-0.15, -0.1) is 0 Å². The van der Waals surface area contributed by atoms with Crippen LogP contribution in [0.15, 0.2) is 24.3 Å². The third kappa shape index (κ3) is 5.98. The first-order valence-corrected chi connectivity index (χ1v) is 8.14. The van der Waals surface area contributed by atoms with E-state index >= 15 is 0 Å². The number of piperidine rings is 1. The Hall–Kier alpha value is -2.44. The van der Waals surface area contributed by atoms with Crippen molar-refractivity contribution in [2.24, 2.45) is 0 Å². The van der Waals surface area contributed by atoms with Crippen LogP contribution in [0.25, 0.3) is 0 Å². The van der Waals surface area contributed by atoms with Crippen LogP contribution in [0.1, 0.15) is 32.1 Å². The molecule has 1 fully saturated rings. The molecule has 130 valence electrons. The molecule has 1 aliphatic rings. The van der Waals surface area contributed by atoms with Crippen LogP contribution >= 0.6 is 0 Å². The van der Waals surface area contributed by atoms with Crippen molar-refractivity contribution in [1.29, 1.82) is 0 Å². The molecule has 0 saturated carbocycles. The van der Waals surface area contributed by atoms with E-state index in [1.54, 1.807) is 11.0 Å². The molecule has 0 bridgehead atoms. The molecule has 0 atom stereocenters. The van der Waals surface area contributed by atoms with E-state index in [0.717, 1.165) is 19.4 Å². The molecule has 2 N–H and O–H groups in total. The van der Waals surface area contributed by atoms with Gasteiger partial charge in [0.25, 0.3) is 0 Å². The predicted octanol–water partition coefficient (Wildman–Crippen LogP) is 1.67. The van der Waals surface area contributed by atoms with E-state index in [1.807, 2.05) is 0 Å². The Labute approximate surface area is 140 Å². The maximum absolute atomic E-state index is 13.0. The van der Waals surface area contributed by atoms with Gasteiger partial charge >= 0.3 is 0 Å². The highest BCUT2D eigenvalue weighted by atomic mass is 19.1. The Morgan fingerprint density at radius 1 is 1.17 bits per heavy atom. The van der Waals surface area contributed by atoms with Crippen molar-refractivity contribution in [2.75, 3.05) is 25.0 Å². The normalized spacial score (nSPS) is 14.4. The van der Waals surface area contributed by atoms with E-state index in [9.17, 15) is 18.8 Å². The Kier molecular flexibility index (Phi) is 6.72. The summed E-state index contributed by atoms with van der Waals surface area (Å²) in [7, 11) is 0. The van der Waals surface area contributed by atoms with Crippen LogP contribution in [0.3, 0.4) is 0 Å². The lowest BCUT2D eigenvalue weighted by Crippen LogP contribution is -2.41. The van der Waals surface area contributed by atoms with Crippen molar-refractivity contribution in [1.82, 2.24) is 10.2 Å². The molecule has 7 heteroatoms. The number of benzene rings is 1. The average Bonchev–Trinajstić information content (AvgIpc) is 2.55. The maximum atomic E-state index is 13.0. The number of hydrogen-bond donors (Lipinski definition) is 2. The van der Waals surface area contributed by atoms with Crippen LogP contribution in [0, 0.1) is 5.82 Å². The van der Waals surface area contributed by atoms with Crippen LogP contribution in [0.4, 0.5) is 10.1 Å². The van der Waals surface area contributed by atoms with Gasteiger partial charge in [-0.05, 0) is 31.0 Å². The number of halogens is 1. The quantitative estimate of drug-likeness (QED) is 0.796. The fourth-order valence-corrected chi connectivity index (χ4v) is 2.53. The number of nitrogens with zero attached hydrogens (tertiary/aromatic N) is 1. The van der Waals surface area contributed by atoms with E-state index in [2.05, 4.69) is 10.6 Å². The summed E-state index contributed by atoms with van der Waals surface area (Å²) in [4.78, 5) is 36.8. The molecule has 0 spiro atoms. The predicted molar refractivity (Wildman–Crippen MR) is 87.7 cm³/mol. The van der Waals surface area contributed by atoms with Crippen LogP contribution in [-0.4, -0.2) is 42.3 Å². The monoisotopic (exact) mass is 335 g/mol. The summed E-state index contributed by atoms with van der Waals surface area (Å²) in [5, 5.41) is 5.25. The molecule has 0 unspecified atom stereocenters. The van der Waals surface area contributed by atoms with Gasteiger partial charge in [0.2, 0.25) is 17.7 Å². The zero-order valence-corrected chi connectivity index (χ0v) is 13.5. The highest BCUT2D eigenvalue weighted by Gasteiger charge is 2.17. The SMILES string of the molecule is O=C(CCC(=O)Nc1cccc(F)c1)NCCN1CCCCC1=O. The number of amides is 3. The number of carbonyl (C=O) groups is 3. The maximum Gasteiger partial charge on any atom is 0.224 e. The Morgan fingerprint density at radius 2 is 1.96 bits per heavy atom. The minimum Gasteiger partial charge on any atom is -0.354 e. The number of carbonyl (C=O) groups excluding carboxylic acids is 3. The molecule has 6 nitrogen and oxygen atoms in total. The minimum absolute atomic E-state index is 0.0188. The van der Waals surface area contributed by atoms with E-state index < -0.39 is 5.82 Å². The summed E-state index contributed by atoms with van der Waals surface area (Å²) < 4.78 is 13.0. The lowest BCUT2D eigenvalue weighted by molar-refractivity contribution is -0.133. The van der Waals surface area contributed by atoms with Gasteiger partial charge in [-0.2, -0.15) is 0 Å². The fraction of sp³-hybridized carbons (Fsp3) is 0.471. The lowest BCUT2D eigenvalue weighted by atomic mass is 10.1. The summed E-state index contributed by atoms with van der Waals surface area (Å²) in [5.41, 5.74) is 0.365. The number of hydrogen-bond acceptors (Lipinski definition) is 3. The summed E-state index contributed by atoms with van der Waals surface area (Å²) >= 11 is 0. The van der Waals surface area contributed by atoms with Gasteiger partial charge in [-0.3, -0.25) is 14.4 Å². The van der Waals surface area contributed by atoms with E-state index in [0.29, 0.717) is 25.2 Å². The van der Waals surface area contributed by atoms with Crippen molar-refractivity contribution in [3.63, 3.8) is 0 Å². The first-order chi connectivity index (χ1) is 11.5. The van der Waals surface area contributed by atoms with Crippen LogP contribution in [-0.2, 0) is 14.4 Å². The van der Waals surface area contributed by atoms with E-state index in [4.69, 9.17) is 0 Å². The third-order valence-corrected chi connectivity index (χ3v) is 3.81. The van der Waals surface area contributed by atoms with Gasteiger partial charge in [0.05, 0.1) is 0 Å². The van der Waals surface area contributed by atoms with E-state index in [-0.39, 0.29) is 30.6 Å². The largest absolute Gasteiger partial charge is 0.354 e. The Bertz CT molecular complexity index is 606. The molecule has 1 heterocycles. The molecule has 0 aromatic heterocycles. The summed E-state index contributed by atoms with van der Waals surface area (Å²) in [6.45, 7) is 1.63. The van der Waals surface area contributed by atoms with Gasteiger partial charge in [-0.25, -0.2) is 4.39 Å². The van der Waals surface area contributed by atoms with Crippen LogP contribution in [0.2, 0.25) is 0 Å². The van der Waals surface area contributed by atoms with Crippen molar-refractivity contribution >= 4 is 23.4 Å². The molecular weight excluding hydrogens is 313 g/mol. The fourth-order valence-electron chi connectivity index (χ4n) is 2.53. The smallest absolute Gasteiger partial charge is 0.224 e. The highest BCUT2D eigenvalue weighted by Crippen LogP contribution is 2.10. The Balaban J connectivity index is 1.62. The van der Waals surface area contributed by atoms with Gasteiger partial charge in [-0.1, -0.05) is 6.07 Å². The third-order valence-electron chi connectivity index (χ3n) is 3.81. The molecular formula is C17H22FN3O3. The topological polar surface area (TPSA) is 78.5 Å². The van der Waals surface area contributed by atoms with Crippen molar-refractivity contribution in [3.8, 4) is 0 Å². The second kappa shape index (κ2) is 9.00. The summed E-state index contributed by atoms with van der Waals surface area (Å²) in [6.07, 6.45) is 2.58. The summed E-state index contributed by atoms with van der Waals surface area (Å²) in [6, 6.07) is 5.58. The molecule has 1 aromatic rings. The number of nitrogens with one attached hydrogen (secondary N) is 2. The Morgan fingerprint density at radius 3 is 2.71 bits per heavy atom. The molecule has 1 aromatic carbocycles. The molecule has 24 heavy (non-hydrogen) atoms. The highest BCUT2D eigenvalue weighted by molar-refractivity contribution is 5.93. The molecule has 3 amide bonds. The van der Waals surface area contributed by atoms with Crippen molar-refractivity contribution in [2.45, 2.75) is 32.1 Å². The van der Waals surface area contributed by atoms with Gasteiger partial charge in [0, 0.05) is 44.6 Å². The van der Waals surface area contributed by atoms with Crippen molar-refractivity contribution < 1.29 is 18.8 Å². The zero-order chi connectivity index (χ0) is 17.4. The van der Waals surface area contributed by atoms with Crippen LogP contribution in [0.5, 0.6) is 0 Å². The lowest BCUT2D eigenvalue weighted by Gasteiger charge is -2.26. The molecule has 0 aliphatic carbocycles. The van der Waals surface area contributed by atoms with Gasteiger partial charge < -0.3 is 15.5 Å². The first kappa shape index (κ1) is 17.9. The van der Waals surface area contributed by atoms with Crippen molar-refractivity contribution in [3.05, 3.63) is 30.1 Å². The average molecular weight is 335 g/mol. The number of rotatable bonds is 7. The van der Waals surface area contributed by atoms with E-state index in [1.165, 1.54) is 18.2 Å². The number of likely N-dealkylation sites (tertiary alicyclic amines) is 1. The molecule has 2 rings (SSSR count). The standard InChI is InChI=1S/C17H22FN3O3/c18-13-4-3-5-14(12-13)20-16(23)8-7-15(22)19-9-11-21-10-2-1-6-17(21)24/h3-5,12H,1-2,6-11H2,(H,19,22)(H,20,23). The summed E-state index contributed by atoms with van der Waals surface area (Å²) in [5.74, 6) is -0.890. The van der Waals surface area contributed by atoms with Crippen LogP contribution < -0.4 is 10.6 Å².